The van der Waals surface area contributed by atoms with Crippen molar-refractivity contribution in [2.24, 2.45) is 0 Å². The Kier molecular flexibility index (Phi) is 5.59. The zero-order valence-corrected chi connectivity index (χ0v) is 9.99. The van der Waals surface area contributed by atoms with Crippen LogP contribution in [0, 0.1) is 0 Å². The van der Waals surface area contributed by atoms with Crippen molar-refractivity contribution in [2.75, 3.05) is 0 Å². The van der Waals surface area contributed by atoms with Crippen LogP contribution in [0.2, 0.25) is 0 Å². The summed E-state index contributed by atoms with van der Waals surface area (Å²) < 4.78 is 0. The summed E-state index contributed by atoms with van der Waals surface area (Å²) in [7, 11) is 0. The van der Waals surface area contributed by atoms with Gasteiger partial charge in [-0.15, -0.1) is 11.6 Å². The van der Waals surface area contributed by atoms with Gasteiger partial charge in [-0.05, 0) is 12.8 Å². The second kappa shape index (κ2) is 4.92. The number of hydrogen-bond donors (Lipinski definition) is 0. The number of alkyl halides is 1. The quantitative estimate of drug-likeness (QED) is 0.445. The molecule has 0 N–H and O–H groups in total. The fraction of sp³-hybridized carbons (Fsp3) is 1.00. The van der Waals surface area contributed by atoms with E-state index in [-0.39, 0.29) is 23.9 Å². The van der Waals surface area contributed by atoms with Crippen LogP contribution in [0.1, 0.15) is 32.1 Å². The van der Waals surface area contributed by atoms with Crippen molar-refractivity contribution in [3.8, 4) is 0 Å². The Morgan fingerprint density at radius 1 is 1.00 bits per heavy atom. The van der Waals surface area contributed by atoms with Crippen LogP contribution in [-0.2, 0) is 0 Å². The second-order valence-electron chi connectivity index (χ2n) is 2.24. The van der Waals surface area contributed by atoms with Gasteiger partial charge in [0.15, 0.2) is 0 Å². The Labute approximate surface area is 72.9 Å². The molecule has 0 amide bonds. The molecular formula is C6H13ClSn. The molecule has 2 heteroatoms. The first-order valence-corrected chi connectivity index (χ1v) is 3.47. The van der Waals surface area contributed by atoms with Gasteiger partial charge in [0.1, 0.15) is 0 Å². The number of rotatable bonds is 0. The third kappa shape index (κ3) is 3.18. The van der Waals surface area contributed by atoms with Crippen molar-refractivity contribution < 1.29 is 0 Å². The maximum atomic E-state index is 5.82. The molecule has 48 valence electrons. The van der Waals surface area contributed by atoms with Crippen LogP contribution in [0.4, 0.5) is 0 Å². The van der Waals surface area contributed by atoms with E-state index in [2.05, 4.69) is 0 Å². The molecule has 2 radical (unpaired) electrons. The summed E-state index contributed by atoms with van der Waals surface area (Å²) in [6.45, 7) is 0. The molecule has 0 spiro atoms. The zero-order valence-electron chi connectivity index (χ0n) is 5.20. The molecule has 0 aromatic rings. The van der Waals surface area contributed by atoms with Gasteiger partial charge in [-0.3, -0.25) is 0 Å². The van der Waals surface area contributed by atoms with Crippen LogP contribution >= 0.6 is 11.6 Å². The van der Waals surface area contributed by atoms with Crippen LogP contribution < -0.4 is 0 Å². The molecule has 0 aromatic heterocycles. The van der Waals surface area contributed by atoms with Crippen LogP contribution in [0.5, 0.6) is 0 Å². The van der Waals surface area contributed by atoms with E-state index < -0.39 is 0 Å². The van der Waals surface area contributed by atoms with Crippen molar-refractivity contribution in [1.82, 2.24) is 0 Å². The Hall–Kier alpha value is 1.09. The molecule has 0 aliphatic heterocycles. The minimum absolute atomic E-state index is 0. The molecule has 1 fully saturated rings. The Bertz CT molecular complexity index is 50.5. The Morgan fingerprint density at radius 3 is 1.75 bits per heavy atom. The predicted molar refractivity (Wildman–Crippen MR) is 41.3 cm³/mol. The average Bonchev–Trinajstić information content (AvgIpc) is 1.69. The van der Waals surface area contributed by atoms with Gasteiger partial charge in [-0.2, -0.15) is 0 Å². The van der Waals surface area contributed by atoms with E-state index in [1.807, 2.05) is 0 Å². The second-order valence-corrected chi connectivity index (χ2v) is 2.85. The molecular weight excluding hydrogens is 226 g/mol. The minimum atomic E-state index is 0. The first kappa shape index (κ1) is 9.09. The maximum absolute atomic E-state index is 5.82. The van der Waals surface area contributed by atoms with Crippen LogP contribution in [0.25, 0.3) is 0 Å². The van der Waals surface area contributed by atoms with Gasteiger partial charge in [-0.25, -0.2) is 0 Å². The molecule has 1 aliphatic carbocycles. The topological polar surface area (TPSA) is 0 Å². The van der Waals surface area contributed by atoms with Crippen LogP contribution in [-0.4, -0.2) is 29.3 Å². The predicted octanol–water partition coefficient (Wildman–Crippen LogP) is 1.64. The van der Waals surface area contributed by atoms with E-state index in [0.717, 1.165) is 0 Å². The molecule has 0 aromatic carbocycles. The molecule has 0 unspecified atom stereocenters. The first-order chi connectivity index (χ1) is 3.39. The standard InChI is InChI=1S/C6H11Cl.Sn.2H/c7-6-4-2-1-3-5-6;;;/h6H,1-5H2;;;. The molecule has 8 heavy (non-hydrogen) atoms. The van der Waals surface area contributed by atoms with E-state index in [4.69, 9.17) is 11.6 Å². The fourth-order valence-electron chi connectivity index (χ4n) is 1.05. The van der Waals surface area contributed by atoms with Gasteiger partial charge in [-0.1, -0.05) is 19.3 Å². The molecule has 0 nitrogen and oxygen atoms in total. The van der Waals surface area contributed by atoms with E-state index in [0.29, 0.717) is 5.38 Å². The van der Waals surface area contributed by atoms with E-state index >= 15 is 0 Å². The van der Waals surface area contributed by atoms with Gasteiger partial charge in [0, 0.05) is 5.38 Å². The van der Waals surface area contributed by atoms with E-state index in [1.165, 1.54) is 32.1 Å². The number of hydrogen-bond acceptors (Lipinski definition) is 0. The summed E-state index contributed by atoms with van der Waals surface area (Å²) in [6, 6.07) is 0. The third-order valence-corrected chi connectivity index (χ3v) is 1.97. The van der Waals surface area contributed by atoms with Crippen molar-refractivity contribution >= 4 is 35.5 Å². The molecule has 0 heterocycles. The summed E-state index contributed by atoms with van der Waals surface area (Å²) in [5.74, 6) is 0. The average molecular weight is 239 g/mol. The van der Waals surface area contributed by atoms with Gasteiger partial charge in [0.25, 0.3) is 0 Å². The van der Waals surface area contributed by atoms with Gasteiger partial charge >= 0.3 is 23.9 Å². The summed E-state index contributed by atoms with van der Waals surface area (Å²) in [6.07, 6.45) is 6.62. The third-order valence-electron chi connectivity index (χ3n) is 1.53. The number of halogens is 1. The summed E-state index contributed by atoms with van der Waals surface area (Å²) in [5.41, 5.74) is 0. The Morgan fingerprint density at radius 2 is 1.50 bits per heavy atom. The van der Waals surface area contributed by atoms with E-state index in [1.54, 1.807) is 0 Å². The molecule has 0 saturated heterocycles. The molecule has 0 atom stereocenters. The summed E-state index contributed by atoms with van der Waals surface area (Å²) in [4.78, 5) is 0. The molecule has 1 rings (SSSR count). The monoisotopic (exact) mass is 240 g/mol. The molecule has 0 bridgehead atoms. The fourth-order valence-corrected chi connectivity index (χ4v) is 1.36. The zero-order chi connectivity index (χ0) is 5.11. The van der Waals surface area contributed by atoms with E-state index in [9.17, 15) is 0 Å². The van der Waals surface area contributed by atoms with Crippen LogP contribution in [0.3, 0.4) is 0 Å². The SMILES string of the molecule is ClC1CCCCC1.[SnH2]. The van der Waals surface area contributed by atoms with Crippen molar-refractivity contribution in [2.45, 2.75) is 37.5 Å². The van der Waals surface area contributed by atoms with Gasteiger partial charge < -0.3 is 0 Å². The summed E-state index contributed by atoms with van der Waals surface area (Å²) in [5, 5.41) is 0.508. The van der Waals surface area contributed by atoms with Crippen molar-refractivity contribution in [3.63, 3.8) is 0 Å². The van der Waals surface area contributed by atoms with Gasteiger partial charge in [0.05, 0.1) is 0 Å². The van der Waals surface area contributed by atoms with Gasteiger partial charge in [0.2, 0.25) is 0 Å². The summed E-state index contributed by atoms with van der Waals surface area (Å²) >= 11 is 5.82. The van der Waals surface area contributed by atoms with Crippen molar-refractivity contribution in [3.05, 3.63) is 0 Å². The first-order valence-electron chi connectivity index (χ1n) is 3.03. The van der Waals surface area contributed by atoms with Crippen molar-refractivity contribution in [1.29, 1.82) is 0 Å². The van der Waals surface area contributed by atoms with Crippen LogP contribution in [0.15, 0.2) is 0 Å². The normalized spacial score (nSPS) is 22.1. The molecule has 1 saturated carbocycles. The molecule has 1 aliphatic rings. The Balaban J connectivity index is 0.000000490.